The second-order valence-corrected chi connectivity index (χ2v) is 6.69. The molecule has 3 nitrogen and oxygen atoms in total. The summed E-state index contributed by atoms with van der Waals surface area (Å²) in [5, 5.41) is 3.75. The molecule has 20 heavy (non-hydrogen) atoms. The highest BCUT2D eigenvalue weighted by Gasteiger charge is 2.28. The van der Waals surface area contributed by atoms with E-state index in [9.17, 15) is 0 Å². The number of nitrogens with one attached hydrogen (secondary N) is 1. The number of hydrogen-bond donors (Lipinski definition) is 1. The molecule has 3 atom stereocenters. The number of benzene rings is 1. The lowest BCUT2D eigenvalue weighted by molar-refractivity contribution is 0.145. The van der Waals surface area contributed by atoms with Gasteiger partial charge in [-0.2, -0.15) is 0 Å². The van der Waals surface area contributed by atoms with E-state index in [1.807, 2.05) is 0 Å². The molecule has 0 bridgehead atoms. The highest BCUT2D eigenvalue weighted by molar-refractivity contribution is 5.46. The summed E-state index contributed by atoms with van der Waals surface area (Å²) >= 11 is 0. The maximum absolute atomic E-state index is 3.75. The SMILES string of the molecule is CC1CN(C)C(C)CC1Nc1cccc(CN(C)C)c1. The molecule has 2 rings (SSSR count). The number of nitrogens with zero attached hydrogens (tertiary/aromatic N) is 2. The third kappa shape index (κ3) is 3.97. The number of rotatable bonds is 4. The molecule has 0 saturated carbocycles. The minimum atomic E-state index is 0.579. The molecule has 1 fully saturated rings. The van der Waals surface area contributed by atoms with Crippen LogP contribution in [0.3, 0.4) is 0 Å². The van der Waals surface area contributed by atoms with Crippen molar-refractivity contribution in [1.82, 2.24) is 9.80 Å². The van der Waals surface area contributed by atoms with Gasteiger partial charge in [0, 0.05) is 30.9 Å². The molecule has 0 amide bonds. The van der Waals surface area contributed by atoms with E-state index in [0.717, 1.165) is 6.54 Å². The van der Waals surface area contributed by atoms with Gasteiger partial charge in [-0.1, -0.05) is 19.1 Å². The topological polar surface area (TPSA) is 18.5 Å². The third-order valence-electron chi connectivity index (χ3n) is 4.39. The van der Waals surface area contributed by atoms with Gasteiger partial charge in [-0.05, 0) is 58.1 Å². The Hall–Kier alpha value is -1.06. The van der Waals surface area contributed by atoms with Crippen LogP contribution in [0.4, 0.5) is 5.69 Å². The first-order valence-corrected chi connectivity index (χ1v) is 7.66. The summed E-state index contributed by atoms with van der Waals surface area (Å²) in [5.41, 5.74) is 2.63. The van der Waals surface area contributed by atoms with Gasteiger partial charge < -0.3 is 15.1 Å². The van der Waals surface area contributed by atoms with Gasteiger partial charge in [0.15, 0.2) is 0 Å². The standard InChI is InChI=1S/C17H29N3/c1-13-11-20(5)14(2)9-17(13)18-16-8-6-7-15(10-16)12-19(3)4/h6-8,10,13-14,17-18H,9,11-12H2,1-5H3. The summed E-state index contributed by atoms with van der Waals surface area (Å²) in [7, 11) is 6.46. The molecule has 1 saturated heterocycles. The number of piperidine rings is 1. The molecule has 0 spiro atoms. The van der Waals surface area contributed by atoms with Crippen LogP contribution in [-0.2, 0) is 6.54 Å². The lowest BCUT2D eigenvalue weighted by Gasteiger charge is -2.40. The fourth-order valence-electron chi connectivity index (χ4n) is 3.08. The zero-order valence-corrected chi connectivity index (χ0v) is 13.6. The second-order valence-electron chi connectivity index (χ2n) is 6.69. The van der Waals surface area contributed by atoms with Gasteiger partial charge in [-0.15, -0.1) is 0 Å². The van der Waals surface area contributed by atoms with E-state index in [2.05, 4.69) is 74.4 Å². The van der Waals surface area contributed by atoms with Crippen molar-refractivity contribution in [3.05, 3.63) is 29.8 Å². The molecule has 3 unspecified atom stereocenters. The molecular formula is C17H29N3. The van der Waals surface area contributed by atoms with Gasteiger partial charge in [0.1, 0.15) is 0 Å². The van der Waals surface area contributed by atoms with E-state index in [0.29, 0.717) is 18.0 Å². The predicted octanol–water partition coefficient (Wildman–Crippen LogP) is 2.89. The minimum Gasteiger partial charge on any atom is -0.382 e. The van der Waals surface area contributed by atoms with E-state index in [1.54, 1.807) is 0 Å². The number of anilines is 1. The Labute approximate surface area is 124 Å². The molecule has 1 aromatic carbocycles. The van der Waals surface area contributed by atoms with E-state index >= 15 is 0 Å². The first-order valence-electron chi connectivity index (χ1n) is 7.66. The van der Waals surface area contributed by atoms with Crippen molar-refractivity contribution in [2.24, 2.45) is 5.92 Å². The Balaban J connectivity index is 2.02. The van der Waals surface area contributed by atoms with Crippen molar-refractivity contribution in [3.63, 3.8) is 0 Å². The Morgan fingerprint density at radius 2 is 2.05 bits per heavy atom. The minimum absolute atomic E-state index is 0.579. The smallest absolute Gasteiger partial charge is 0.0345 e. The molecule has 1 aliphatic rings. The Morgan fingerprint density at radius 3 is 2.75 bits per heavy atom. The average molecular weight is 275 g/mol. The van der Waals surface area contributed by atoms with Crippen LogP contribution in [0.1, 0.15) is 25.8 Å². The van der Waals surface area contributed by atoms with Gasteiger partial charge in [0.2, 0.25) is 0 Å². The normalized spacial score (nSPS) is 27.8. The van der Waals surface area contributed by atoms with E-state index in [-0.39, 0.29) is 0 Å². The summed E-state index contributed by atoms with van der Waals surface area (Å²) in [4.78, 5) is 4.67. The Bertz CT molecular complexity index is 430. The third-order valence-corrected chi connectivity index (χ3v) is 4.39. The lowest BCUT2D eigenvalue weighted by Crippen LogP contribution is -2.48. The highest BCUT2D eigenvalue weighted by Crippen LogP contribution is 2.24. The molecule has 0 radical (unpaired) electrons. The van der Waals surface area contributed by atoms with Crippen molar-refractivity contribution < 1.29 is 0 Å². The van der Waals surface area contributed by atoms with Gasteiger partial charge in [-0.3, -0.25) is 0 Å². The van der Waals surface area contributed by atoms with Crippen LogP contribution >= 0.6 is 0 Å². The quantitative estimate of drug-likeness (QED) is 0.911. The van der Waals surface area contributed by atoms with Crippen LogP contribution in [-0.4, -0.2) is 49.6 Å². The monoisotopic (exact) mass is 275 g/mol. The van der Waals surface area contributed by atoms with Crippen LogP contribution in [0.2, 0.25) is 0 Å². The molecular weight excluding hydrogens is 246 g/mol. The molecule has 0 aliphatic carbocycles. The van der Waals surface area contributed by atoms with E-state index in [1.165, 1.54) is 24.2 Å². The van der Waals surface area contributed by atoms with Crippen LogP contribution in [0, 0.1) is 5.92 Å². The second kappa shape index (κ2) is 6.59. The summed E-state index contributed by atoms with van der Waals surface area (Å²) in [6.45, 7) is 6.85. The molecule has 1 aromatic rings. The van der Waals surface area contributed by atoms with Gasteiger partial charge >= 0.3 is 0 Å². The van der Waals surface area contributed by atoms with Gasteiger partial charge in [-0.25, -0.2) is 0 Å². The number of likely N-dealkylation sites (tertiary alicyclic amines) is 1. The van der Waals surface area contributed by atoms with Crippen LogP contribution in [0.25, 0.3) is 0 Å². The molecule has 112 valence electrons. The van der Waals surface area contributed by atoms with Crippen LogP contribution in [0.5, 0.6) is 0 Å². The maximum atomic E-state index is 3.75. The lowest BCUT2D eigenvalue weighted by atomic mass is 9.89. The largest absolute Gasteiger partial charge is 0.382 e. The zero-order valence-electron chi connectivity index (χ0n) is 13.6. The fourth-order valence-corrected chi connectivity index (χ4v) is 3.08. The number of hydrogen-bond acceptors (Lipinski definition) is 3. The van der Waals surface area contributed by atoms with Crippen molar-refractivity contribution in [2.45, 2.75) is 38.9 Å². The summed E-state index contributed by atoms with van der Waals surface area (Å²) in [6, 6.07) is 10.1. The van der Waals surface area contributed by atoms with Gasteiger partial charge in [0.25, 0.3) is 0 Å². The molecule has 3 heteroatoms. The van der Waals surface area contributed by atoms with Crippen LogP contribution < -0.4 is 5.32 Å². The van der Waals surface area contributed by atoms with Crippen molar-refractivity contribution in [2.75, 3.05) is 33.0 Å². The van der Waals surface area contributed by atoms with Crippen molar-refractivity contribution in [1.29, 1.82) is 0 Å². The summed E-state index contributed by atoms with van der Waals surface area (Å²) < 4.78 is 0. The van der Waals surface area contributed by atoms with Crippen LogP contribution in [0.15, 0.2) is 24.3 Å². The Morgan fingerprint density at radius 1 is 1.30 bits per heavy atom. The summed E-state index contributed by atoms with van der Waals surface area (Å²) in [5.74, 6) is 0.689. The molecule has 1 N–H and O–H groups in total. The summed E-state index contributed by atoms with van der Waals surface area (Å²) in [6.07, 6.45) is 1.22. The molecule has 1 heterocycles. The highest BCUT2D eigenvalue weighted by atomic mass is 15.2. The van der Waals surface area contributed by atoms with Gasteiger partial charge in [0.05, 0.1) is 0 Å². The maximum Gasteiger partial charge on any atom is 0.0345 e. The first kappa shape index (κ1) is 15.3. The van der Waals surface area contributed by atoms with Crippen molar-refractivity contribution >= 4 is 5.69 Å². The van der Waals surface area contributed by atoms with E-state index < -0.39 is 0 Å². The predicted molar refractivity (Wildman–Crippen MR) is 87.1 cm³/mol. The average Bonchev–Trinajstić information content (AvgIpc) is 2.35. The fraction of sp³-hybridized carbons (Fsp3) is 0.647. The Kier molecular flexibility index (Phi) is 5.06. The zero-order chi connectivity index (χ0) is 14.7. The van der Waals surface area contributed by atoms with E-state index in [4.69, 9.17) is 0 Å². The molecule has 1 aliphatic heterocycles. The first-order chi connectivity index (χ1) is 9.45. The molecule has 0 aromatic heterocycles. The van der Waals surface area contributed by atoms with Crippen molar-refractivity contribution in [3.8, 4) is 0 Å².